The van der Waals surface area contributed by atoms with Crippen LogP contribution in [-0.4, -0.2) is 55.5 Å². The van der Waals surface area contributed by atoms with Gasteiger partial charge in [0.1, 0.15) is 5.75 Å². The molecule has 1 fully saturated rings. The number of ether oxygens (including phenoxy) is 1. The van der Waals surface area contributed by atoms with Crippen molar-refractivity contribution in [1.82, 2.24) is 9.80 Å². The second kappa shape index (κ2) is 7.31. The highest BCUT2D eigenvalue weighted by Gasteiger charge is 2.23. The van der Waals surface area contributed by atoms with Crippen LogP contribution in [0.1, 0.15) is 19.3 Å². The molecule has 0 aliphatic carbocycles. The van der Waals surface area contributed by atoms with E-state index in [1.165, 1.54) is 0 Å². The second-order valence-corrected chi connectivity index (χ2v) is 5.71. The van der Waals surface area contributed by atoms with Crippen LogP contribution >= 0.6 is 0 Å². The van der Waals surface area contributed by atoms with Gasteiger partial charge in [0, 0.05) is 18.8 Å². The maximum Gasteiger partial charge on any atom is 0.225 e. The molecule has 5 heteroatoms. The van der Waals surface area contributed by atoms with E-state index in [9.17, 15) is 4.79 Å². The summed E-state index contributed by atoms with van der Waals surface area (Å²) in [6.07, 6.45) is 2.52. The minimum Gasteiger partial charge on any atom is -0.493 e. The van der Waals surface area contributed by atoms with E-state index in [2.05, 4.69) is 11.9 Å². The molecule has 1 amide bonds. The average molecular weight is 291 g/mol. The van der Waals surface area contributed by atoms with Crippen LogP contribution in [0.5, 0.6) is 5.75 Å². The Labute approximate surface area is 126 Å². The first-order valence-corrected chi connectivity index (χ1v) is 7.49. The number of nitrogens with zero attached hydrogens (tertiary/aromatic N) is 2. The Hall–Kier alpha value is -1.75. The summed E-state index contributed by atoms with van der Waals surface area (Å²) >= 11 is 0. The van der Waals surface area contributed by atoms with E-state index in [1.807, 2.05) is 24.1 Å². The monoisotopic (exact) mass is 291 g/mol. The summed E-state index contributed by atoms with van der Waals surface area (Å²) in [5.41, 5.74) is 6.32. The van der Waals surface area contributed by atoms with E-state index < -0.39 is 0 Å². The molecule has 2 rings (SSSR count). The number of piperidine rings is 1. The number of carbonyl (C=O) groups is 1. The van der Waals surface area contributed by atoms with Crippen molar-refractivity contribution in [3.05, 3.63) is 24.3 Å². The first-order chi connectivity index (χ1) is 10.1. The van der Waals surface area contributed by atoms with Crippen LogP contribution in [0.4, 0.5) is 5.69 Å². The first kappa shape index (κ1) is 15.6. The van der Waals surface area contributed by atoms with Crippen molar-refractivity contribution in [2.45, 2.75) is 25.3 Å². The van der Waals surface area contributed by atoms with Gasteiger partial charge in [0.15, 0.2) is 0 Å². The van der Waals surface area contributed by atoms with Crippen LogP contribution in [0, 0.1) is 0 Å². The highest BCUT2D eigenvalue weighted by molar-refractivity contribution is 5.76. The maximum absolute atomic E-state index is 12.2. The molecular weight excluding hydrogens is 266 g/mol. The van der Waals surface area contributed by atoms with Gasteiger partial charge in [0.25, 0.3) is 0 Å². The third kappa shape index (κ3) is 4.63. The van der Waals surface area contributed by atoms with E-state index in [4.69, 9.17) is 10.5 Å². The third-order valence-electron chi connectivity index (χ3n) is 4.09. The lowest BCUT2D eigenvalue weighted by atomic mass is 10.0. The minimum absolute atomic E-state index is 0.153. The molecule has 0 spiro atoms. The molecule has 2 N–H and O–H groups in total. The summed E-state index contributed by atoms with van der Waals surface area (Å²) in [6.45, 7) is 2.52. The van der Waals surface area contributed by atoms with Crippen molar-refractivity contribution in [2.75, 3.05) is 39.5 Å². The van der Waals surface area contributed by atoms with Gasteiger partial charge in [-0.05, 0) is 57.2 Å². The van der Waals surface area contributed by atoms with E-state index in [1.54, 1.807) is 12.1 Å². The number of hydrogen-bond donors (Lipinski definition) is 1. The number of likely N-dealkylation sites (tertiary alicyclic amines) is 1. The maximum atomic E-state index is 12.2. The van der Waals surface area contributed by atoms with E-state index in [0.717, 1.165) is 31.7 Å². The topological polar surface area (TPSA) is 58.8 Å². The number of rotatable bonds is 5. The molecule has 0 aromatic heterocycles. The van der Waals surface area contributed by atoms with Gasteiger partial charge in [-0.3, -0.25) is 4.79 Å². The van der Waals surface area contributed by atoms with Gasteiger partial charge in [-0.2, -0.15) is 0 Å². The van der Waals surface area contributed by atoms with Gasteiger partial charge in [0.05, 0.1) is 13.0 Å². The molecule has 0 saturated carbocycles. The van der Waals surface area contributed by atoms with Crippen molar-refractivity contribution >= 4 is 11.6 Å². The Kier molecular flexibility index (Phi) is 5.44. The Morgan fingerprint density at radius 1 is 1.33 bits per heavy atom. The third-order valence-corrected chi connectivity index (χ3v) is 4.09. The fourth-order valence-corrected chi connectivity index (χ4v) is 2.58. The fraction of sp³-hybridized carbons (Fsp3) is 0.562. The lowest BCUT2D eigenvalue weighted by Crippen LogP contribution is -2.44. The van der Waals surface area contributed by atoms with Crippen LogP contribution in [-0.2, 0) is 4.79 Å². The average Bonchev–Trinajstić information content (AvgIpc) is 2.49. The summed E-state index contributed by atoms with van der Waals surface area (Å²) in [5, 5.41) is 0. The van der Waals surface area contributed by atoms with Gasteiger partial charge in [-0.15, -0.1) is 0 Å². The summed E-state index contributed by atoms with van der Waals surface area (Å²) in [4.78, 5) is 16.4. The molecule has 1 aliphatic heterocycles. The largest absolute Gasteiger partial charge is 0.493 e. The molecule has 5 nitrogen and oxygen atoms in total. The molecular formula is C16H25N3O2. The molecule has 1 aromatic carbocycles. The molecule has 21 heavy (non-hydrogen) atoms. The normalized spacial score (nSPS) is 16.7. The van der Waals surface area contributed by atoms with Crippen molar-refractivity contribution in [3.63, 3.8) is 0 Å². The van der Waals surface area contributed by atoms with Crippen molar-refractivity contribution in [2.24, 2.45) is 0 Å². The Morgan fingerprint density at radius 3 is 2.57 bits per heavy atom. The molecule has 0 atom stereocenters. The second-order valence-electron chi connectivity index (χ2n) is 5.71. The summed E-state index contributed by atoms with van der Waals surface area (Å²) in [7, 11) is 4.03. The molecule has 0 radical (unpaired) electrons. The van der Waals surface area contributed by atoms with Gasteiger partial charge >= 0.3 is 0 Å². The SMILES string of the molecule is CN1CCC(N(C)C(=O)CCOc2ccc(N)cc2)CC1. The lowest BCUT2D eigenvalue weighted by molar-refractivity contribution is -0.133. The van der Waals surface area contributed by atoms with Crippen LogP contribution in [0.2, 0.25) is 0 Å². The van der Waals surface area contributed by atoms with Crippen LogP contribution < -0.4 is 10.5 Å². The standard InChI is InChI=1S/C16H25N3O2/c1-18-10-7-14(8-11-18)19(2)16(20)9-12-21-15-5-3-13(17)4-6-15/h3-6,14H,7-12,17H2,1-2H3. The number of nitrogen functional groups attached to an aromatic ring is 1. The zero-order chi connectivity index (χ0) is 15.2. The summed E-state index contributed by atoms with van der Waals surface area (Å²) < 4.78 is 5.57. The number of hydrogen-bond acceptors (Lipinski definition) is 4. The van der Waals surface area contributed by atoms with Gasteiger partial charge in [-0.1, -0.05) is 0 Å². The predicted molar refractivity (Wildman–Crippen MR) is 84.3 cm³/mol. The zero-order valence-corrected chi connectivity index (χ0v) is 12.9. The highest BCUT2D eigenvalue weighted by atomic mass is 16.5. The van der Waals surface area contributed by atoms with E-state index in [0.29, 0.717) is 24.8 Å². The van der Waals surface area contributed by atoms with Crippen molar-refractivity contribution in [3.8, 4) is 5.75 Å². The number of carbonyl (C=O) groups excluding carboxylic acids is 1. The van der Waals surface area contributed by atoms with Crippen LogP contribution in [0.15, 0.2) is 24.3 Å². The lowest BCUT2D eigenvalue weighted by Gasteiger charge is -2.35. The molecule has 1 aromatic rings. The number of amides is 1. The van der Waals surface area contributed by atoms with Crippen LogP contribution in [0.25, 0.3) is 0 Å². The minimum atomic E-state index is 0.153. The molecule has 0 unspecified atom stereocenters. The fourth-order valence-electron chi connectivity index (χ4n) is 2.58. The quantitative estimate of drug-likeness (QED) is 0.837. The Morgan fingerprint density at radius 2 is 1.95 bits per heavy atom. The summed E-state index contributed by atoms with van der Waals surface area (Å²) in [6, 6.07) is 7.59. The summed E-state index contributed by atoms with van der Waals surface area (Å²) in [5.74, 6) is 0.902. The number of benzene rings is 1. The first-order valence-electron chi connectivity index (χ1n) is 7.49. The predicted octanol–water partition coefficient (Wildman–Crippen LogP) is 1.59. The molecule has 1 heterocycles. The molecule has 1 aliphatic rings. The molecule has 1 saturated heterocycles. The Bertz CT molecular complexity index is 453. The van der Waals surface area contributed by atoms with Crippen molar-refractivity contribution in [1.29, 1.82) is 0 Å². The van der Waals surface area contributed by atoms with Crippen LogP contribution in [0.3, 0.4) is 0 Å². The smallest absolute Gasteiger partial charge is 0.225 e. The van der Waals surface area contributed by atoms with Crippen molar-refractivity contribution < 1.29 is 9.53 Å². The highest BCUT2D eigenvalue weighted by Crippen LogP contribution is 2.16. The van der Waals surface area contributed by atoms with Gasteiger partial charge in [0.2, 0.25) is 5.91 Å². The van der Waals surface area contributed by atoms with Gasteiger partial charge < -0.3 is 20.3 Å². The number of nitrogens with two attached hydrogens (primary N) is 1. The molecule has 0 bridgehead atoms. The Balaban J connectivity index is 1.72. The van der Waals surface area contributed by atoms with E-state index in [-0.39, 0.29) is 5.91 Å². The number of anilines is 1. The van der Waals surface area contributed by atoms with Gasteiger partial charge in [-0.25, -0.2) is 0 Å². The van der Waals surface area contributed by atoms with E-state index >= 15 is 0 Å². The molecule has 116 valence electrons. The zero-order valence-electron chi connectivity index (χ0n) is 12.9.